The minimum atomic E-state index is -1.01. The van der Waals surface area contributed by atoms with Gasteiger partial charge in [-0.1, -0.05) is 19.8 Å². The van der Waals surface area contributed by atoms with Gasteiger partial charge in [-0.3, -0.25) is 4.79 Å². The summed E-state index contributed by atoms with van der Waals surface area (Å²) in [5.41, 5.74) is -1.12. The van der Waals surface area contributed by atoms with E-state index < -0.39 is 11.2 Å². The molecule has 3 heteroatoms. The molecule has 3 fully saturated rings. The maximum Gasteiger partial charge on any atom is 0.155 e. The van der Waals surface area contributed by atoms with Crippen molar-refractivity contribution in [1.29, 1.82) is 0 Å². The molecule has 0 radical (unpaired) electrons. The Labute approximate surface area is 144 Å². The summed E-state index contributed by atoms with van der Waals surface area (Å²) in [5, 5.41) is 22.5. The average Bonchev–Trinajstić information content (AvgIpc) is 2.82. The highest BCUT2D eigenvalue weighted by atomic mass is 16.3. The molecule has 3 nitrogen and oxygen atoms in total. The molecular formula is C21H28O3. The van der Waals surface area contributed by atoms with Crippen LogP contribution in [0.3, 0.4) is 0 Å². The summed E-state index contributed by atoms with van der Waals surface area (Å²) >= 11 is 0. The average molecular weight is 328 g/mol. The molecule has 2 N–H and O–H groups in total. The van der Waals surface area contributed by atoms with E-state index in [1.807, 2.05) is 0 Å². The van der Waals surface area contributed by atoms with Gasteiger partial charge in [-0.05, 0) is 73.8 Å². The van der Waals surface area contributed by atoms with E-state index in [-0.39, 0.29) is 17.1 Å². The van der Waals surface area contributed by atoms with E-state index in [1.165, 1.54) is 0 Å². The molecule has 0 saturated heterocycles. The summed E-state index contributed by atoms with van der Waals surface area (Å²) in [6.45, 7) is 4.41. The fourth-order valence-corrected chi connectivity index (χ4v) is 6.81. The Bertz CT molecular complexity index is 658. The second kappa shape index (κ2) is 4.96. The molecule has 4 aliphatic carbocycles. The molecule has 0 aliphatic heterocycles. The van der Waals surface area contributed by atoms with Crippen molar-refractivity contribution in [3.8, 4) is 12.3 Å². The first kappa shape index (κ1) is 16.4. The second-order valence-corrected chi connectivity index (χ2v) is 9.03. The fourth-order valence-electron chi connectivity index (χ4n) is 6.81. The van der Waals surface area contributed by atoms with Crippen molar-refractivity contribution in [1.82, 2.24) is 0 Å². The monoisotopic (exact) mass is 328 g/mol. The number of fused-ring (bicyclic) bond motifs is 5. The van der Waals surface area contributed by atoms with E-state index in [9.17, 15) is 15.0 Å². The van der Waals surface area contributed by atoms with Crippen LogP contribution in [0.5, 0.6) is 0 Å². The largest absolute Gasteiger partial charge is 0.385 e. The predicted octanol–water partition coefficient (Wildman–Crippen LogP) is 2.85. The summed E-state index contributed by atoms with van der Waals surface area (Å²) in [4.78, 5) is 11.8. The Morgan fingerprint density at radius 1 is 1.21 bits per heavy atom. The maximum absolute atomic E-state index is 11.8. The lowest BCUT2D eigenvalue weighted by Gasteiger charge is -2.59. The zero-order chi connectivity index (χ0) is 17.3. The van der Waals surface area contributed by atoms with Gasteiger partial charge in [0, 0.05) is 11.8 Å². The van der Waals surface area contributed by atoms with Gasteiger partial charge in [0.15, 0.2) is 5.78 Å². The van der Waals surface area contributed by atoms with Crippen LogP contribution in [0, 0.1) is 41.4 Å². The zero-order valence-corrected chi connectivity index (χ0v) is 14.7. The molecule has 0 bridgehead atoms. The molecule has 4 aliphatic rings. The molecule has 0 aromatic carbocycles. The fraction of sp³-hybridized carbons (Fsp3) is 0.762. The van der Waals surface area contributed by atoms with E-state index in [2.05, 4.69) is 19.8 Å². The van der Waals surface area contributed by atoms with Crippen molar-refractivity contribution < 1.29 is 15.0 Å². The Morgan fingerprint density at radius 2 is 1.92 bits per heavy atom. The molecule has 24 heavy (non-hydrogen) atoms. The molecule has 130 valence electrons. The van der Waals surface area contributed by atoms with Crippen LogP contribution in [0.15, 0.2) is 11.6 Å². The van der Waals surface area contributed by atoms with Gasteiger partial charge in [-0.15, -0.1) is 6.42 Å². The lowest BCUT2D eigenvalue weighted by Crippen LogP contribution is -2.59. The Hall–Kier alpha value is -1.11. The maximum atomic E-state index is 11.8. The third-order valence-corrected chi connectivity index (χ3v) is 8.18. The number of carbonyl (C=O) groups excluding carboxylic acids is 1. The van der Waals surface area contributed by atoms with Crippen LogP contribution < -0.4 is 0 Å². The van der Waals surface area contributed by atoms with Crippen molar-refractivity contribution >= 4 is 5.78 Å². The molecule has 3 saturated carbocycles. The highest BCUT2D eigenvalue weighted by Gasteiger charge is 2.65. The lowest BCUT2D eigenvalue weighted by molar-refractivity contribution is -0.148. The summed E-state index contributed by atoms with van der Waals surface area (Å²) in [7, 11) is 0. The van der Waals surface area contributed by atoms with Crippen molar-refractivity contribution in [2.45, 2.75) is 70.0 Å². The van der Waals surface area contributed by atoms with Crippen LogP contribution in [-0.4, -0.2) is 27.2 Å². The third kappa shape index (κ3) is 1.85. The lowest BCUT2D eigenvalue weighted by atomic mass is 9.47. The summed E-state index contributed by atoms with van der Waals surface area (Å²) in [6.07, 6.45) is 12.6. The van der Waals surface area contributed by atoms with Crippen LogP contribution >= 0.6 is 0 Å². The van der Waals surface area contributed by atoms with Gasteiger partial charge in [0.05, 0.1) is 5.60 Å². The highest BCUT2D eigenvalue weighted by Crippen LogP contribution is 2.66. The Morgan fingerprint density at radius 3 is 2.62 bits per heavy atom. The normalized spacial score (nSPS) is 53.5. The van der Waals surface area contributed by atoms with E-state index in [4.69, 9.17) is 6.42 Å². The number of rotatable bonds is 0. The van der Waals surface area contributed by atoms with Gasteiger partial charge in [-0.25, -0.2) is 0 Å². The number of carbonyl (C=O) groups is 1. The molecule has 0 heterocycles. The van der Waals surface area contributed by atoms with Gasteiger partial charge in [-0.2, -0.15) is 0 Å². The molecule has 0 aromatic rings. The second-order valence-electron chi connectivity index (χ2n) is 9.03. The third-order valence-electron chi connectivity index (χ3n) is 8.18. The van der Waals surface area contributed by atoms with Crippen LogP contribution in [0.25, 0.3) is 0 Å². The van der Waals surface area contributed by atoms with Gasteiger partial charge in [0.1, 0.15) is 5.60 Å². The Kier molecular flexibility index (Phi) is 3.38. The summed E-state index contributed by atoms with van der Waals surface area (Å²) < 4.78 is 0. The number of ketones is 1. The van der Waals surface area contributed by atoms with Crippen molar-refractivity contribution in [3.05, 3.63) is 11.6 Å². The molecule has 0 amide bonds. The van der Waals surface area contributed by atoms with Gasteiger partial charge in [0.25, 0.3) is 0 Å². The standard InChI is InChI=1S/C21H28O3/c1-4-20(23)9-7-16-18-13(2)11-14-12-15(22)5-10-21(14,24)17(18)6-8-19(16,20)3/h1,12-13,16-18,23-24H,5-11H2,2-3H3. The minimum Gasteiger partial charge on any atom is -0.385 e. The number of terminal acetylenes is 1. The van der Waals surface area contributed by atoms with Crippen molar-refractivity contribution in [2.75, 3.05) is 0 Å². The molecule has 0 aromatic heterocycles. The first-order chi connectivity index (χ1) is 11.2. The van der Waals surface area contributed by atoms with Crippen molar-refractivity contribution in [3.63, 3.8) is 0 Å². The van der Waals surface area contributed by atoms with E-state index >= 15 is 0 Å². The number of hydrogen-bond donors (Lipinski definition) is 2. The molecule has 7 unspecified atom stereocenters. The van der Waals surface area contributed by atoms with Crippen LogP contribution in [0.4, 0.5) is 0 Å². The van der Waals surface area contributed by atoms with Gasteiger partial charge in [0.2, 0.25) is 0 Å². The topological polar surface area (TPSA) is 57.5 Å². The summed E-state index contributed by atoms with van der Waals surface area (Å²) in [6, 6.07) is 0. The smallest absolute Gasteiger partial charge is 0.155 e. The molecular weight excluding hydrogens is 300 g/mol. The van der Waals surface area contributed by atoms with E-state index in [0.717, 1.165) is 31.3 Å². The Balaban J connectivity index is 1.75. The molecule has 0 spiro atoms. The van der Waals surface area contributed by atoms with Gasteiger partial charge >= 0.3 is 0 Å². The SMILES string of the molecule is C#CC1(O)CCC2C3C(C)CC4=CC(=O)CCC4(O)C3CCC21C. The highest BCUT2D eigenvalue weighted by molar-refractivity contribution is 5.92. The summed E-state index contributed by atoms with van der Waals surface area (Å²) in [5.74, 6) is 4.20. The predicted molar refractivity (Wildman–Crippen MR) is 91.9 cm³/mol. The van der Waals surface area contributed by atoms with E-state index in [0.29, 0.717) is 37.0 Å². The first-order valence-corrected chi connectivity index (χ1v) is 9.41. The minimum absolute atomic E-state index is 0.156. The first-order valence-electron chi connectivity index (χ1n) is 9.41. The zero-order valence-electron chi connectivity index (χ0n) is 14.7. The van der Waals surface area contributed by atoms with Gasteiger partial charge < -0.3 is 10.2 Å². The number of aliphatic hydroxyl groups is 2. The van der Waals surface area contributed by atoms with Crippen LogP contribution in [-0.2, 0) is 4.79 Å². The van der Waals surface area contributed by atoms with E-state index in [1.54, 1.807) is 6.08 Å². The van der Waals surface area contributed by atoms with Crippen LogP contribution in [0.2, 0.25) is 0 Å². The quantitative estimate of drug-likeness (QED) is 0.672. The number of hydrogen-bond acceptors (Lipinski definition) is 3. The van der Waals surface area contributed by atoms with Crippen LogP contribution in [0.1, 0.15) is 58.8 Å². The van der Waals surface area contributed by atoms with Crippen molar-refractivity contribution in [2.24, 2.45) is 29.1 Å². The molecule has 4 rings (SSSR count). The molecule has 7 atom stereocenters.